The van der Waals surface area contributed by atoms with Crippen LogP contribution in [0.25, 0.3) is 11.0 Å². The van der Waals surface area contributed by atoms with E-state index >= 15 is 0 Å². The van der Waals surface area contributed by atoms with E-state index in [2.05, 4.69) is 30.4 Å². The second kappa shape index (κ2) is 6.04. The summed E-state index contributed by atoms with van der Waals surface area (Å²) in [6.45, 7) is 2.85. The van der Waals surface area contributed by atoms with Gasteiger partial charge >= 0.3 is 0 Å². The average molecular weight is 301 g/mol. The lowest BCUT2D eigenvalue weighted by molar-refractivity contribution is 0.782. The Morgan fingerprint density at radius 2 is 2.24 bits per heavy atom. The minimum absolute atomic E-state index is 0.649. The number of thioether (sulfide) groups is 1. The van der Waals surface area contributed by atoms with E-state index in [1.165, 1.54) is 6.33 Å². The lowest BCUT2D eigenvalue weighted by atomic mass is 10.4. The van der Waals surface area contributed by atoms with Crippen LogP contribution in [0, 0.1) is 0 Å². The Morgan fingerprint density at radius 1 is 1.33 bits per heavy atom. The molecule has 0 aliphatic rings. The Hall–Kier alpha value is -2.22. The van der Waals surface area contributed by atoms with Gasteiger partial charge in [0.25, 0.3) is 0 Å². The molecule has 0 atom stereocenters. The second-order valence-electron chi connectivity index (χ2n) is 4.36. The highest BCUT2D eigenvalue weighted by Crippen LogP contribution is 2.23. The van der Waals surface area contributed by atoms with Crippen LogP contribution in [0.1, 0.15) is 12.7 Å². The van der Waals surface area contributed by atoms with Crippen LogP contribution in [0.15, 0.2) is 29.8 Å². The smallest absolute Gasteiger partial charge is 0.163 e. The van der Waals surface area contributed by atoms with E-state index in [-0.39, 0.29) is 0 Å². The van der Waals surface area contributed by atoms with E-state index in [1.54, 1.807) is 28.8 Å². The number of rotatable bonds is 5. The summed E-state index contributed by atoms with van der Waals surface area (Å²) in [5.74, 6) is 2.23. The molecule has 0 fully saturated rings. The van der Waals surface area contributed by atoms with Gasteiger partial charge in [-0.2, -0.15) is 5.10 Å². The molecule has 0 aliphatic carbocycles. The highest BCUT2D eigenvalue weighted by atomic mass is 32.2. The van der Waals surface area contributed by atoms with E-state index in [0.29, 0.717) is 5.75 Å². The molecule has 0 unspecified atom stereocenters. The van der Waals surface area contributed by atoms with Crippen molar-refractivity contribution in [3.8, 4) is 0 Å². The Kier molecular flexibility index (Phi) is 3.96. The van der Waals surface area contributed by atoms with E-state index in [9.17, 15) is 0 Å². The third kappa shape index (κ3) is 2.94. The summed E-state index contributed by atoms with van der Waals surface area (Å²) in [4.78, 5) is 17.2. The highest BCUT2D eigenvalue weighted by molar-refractivity contribution is 7.98. The first kappa shape index (κ1) is 13.7. The van der Waals surface area contributed by atoms with Gasteiger partial charge < -0.3 is 5.32 Å². The molecule has 0 saturated heterocycles. The van der Waals surface area contributed by atoms with Crippen molar-refractivity contribution in [2.24, 2.45) is 7.05 Å². The van der Waals surface area contributed by atoms with Crippen LogP contribution in [-0.4, -0.2) is 36.3 Å². The number of aryl methyl sites for hydroxylation is 1. The molecule has 0 saturated carbocycles. The summed E-state index contributed by atoms with van der Waals surface area (Å²) in [7, 11) is 1.88. The number of aromatic nitrogens is 6. The van der Waals surface area contributed by atoms with Crippen molar-refractivity contribution in [3.05, 3.63) is 30.6 Å². The number of nitrogens with zero attached hydrogens (tertiary/aromatic N) is 6. The van der Waals surface area contributed by atoms with Crippen molar-refractivity contribution in [2.75, 3.05) is 11.9 Å². The Morgan fingerprint density at radius 3 is 3.00 bits per heavy atom. The molecule has 0 amide bonds. The predicted octanol–water partition coefficient (Wildman–Crippen LogP) is 1.88. The molecule has 8 heteroatoms. The minimum Gasteiger partial charge on any atom is -0.370 e. The van der Waals surface area contributed by atoms with E-state index < -0.39 is 0 Å². The van der Waals surface area contributed by atoms with Gasteiger partial charge in [-0.1, -0.05) is 11.8 Å². The van der Waals surface area contributed by atoms with Gasteiger partial charge in [-0.3, -0.25) is 4.68 Å². The predicted molar refractivity (Wildman–Crippen MR) is 82.1 cm³/mol. The molecule has 1 N–H and O–H groups in total. The Balaban J connectivity index is 1.89. The summed E-state index contributed by atoms with van der Waals surface area (Å²) < 4.78 is 1.76. The third-order valence-corrected chi connectivity index (χ3v) is 3.83. The van der Waals surface area contributed by atoms with Gasteiger partial charge in [-0.05, 0) is 13.0 Å². The zero-order chi connectivity index (χ0) is 14.7. The minimum atomic E-state index is 0.649. The first-order valence-electron chi connectivity index (χ1n) is 6.59. The summed E-state index contributed by atoms with van der Waals surface area (Å²) in [6.07, 6.45) is 5.05. The SMILES string of the molecule is CCNc1nc(CSc2ccncn2)nc2c1cnn2C. The van der Waals surface area contributed by atoms with E-state index in [0.717, 1.165) is 34.2 Å². The fourth-order valence-electron chi connectivity index (χ4n) is 1.94. The first-order valence-corrected chi connectivity index (χ1v) is 7.57. The number of anilines is 1. The topological polar surface area (TPSA) is 81.4 Å². The molecule has 0 aliphatic heterocycles. The van der Waals surface area contributed by atoms with Crippen LogP contribution in [0.4, 0.5) is 5.82 Å². The van der Waals surface area contributed by atoms with Crippen LogP contribution in [0.3, 0.4) is 0 Å². The normalized spacial score (nSPS) is 11.0. The molecule has 3 heterocycles. The summed E-state index contributed by atoms with van der Waals surface area (Å²) in [6, 6.07) is 1.87. The molecule has 3 aromatic heterocycles. The van der Waals surface area contributed by atoms with Crippen molar-refractivity contribution in [3.63, 3.8) is 0 Å². The van der Waals surface area contributed by atoms with Gasteiger partial charge in [0, 0.05) is 19.8 Å². The number of nitrogens with one attached hydrogen (secondary N) is 1. The van der Waals surface area contributed by atoms with Crippen LogP contribution < -0.4 is 5.32 Å². The molecule has 7 nitrogen and oxygen atoms in total. The van der Waals surface area contributed by atoms with Crippen LogP contribution >= 0.6 is 11.8 Å². The summed E-state index contributed by atoms with van der Waals surface area (Å²) >= 11 is 1.58. The van der Waals surface area contributed by atoms with Crippen molar-refractivity contribution < 1.29 is 0 Å². The van der Waals surface area contributed by atoms with Crippen LogP contribution in [-0.2, 0) is 12.8 Å². The van der Waals surface area contributed by atoms with Gasteiger partial charge in [0.2, 0.25) is 0 Å². The molecule has 0 radical (unpaired) electrons. The number of hydrogen-bond donors (Lipinski definition) is 1. The van der Waals surface area contributed by atoms with Crippen molar-refractivity contribution in [2.45, 2.75) is 17.7 Å². The molecule has 21 heavy (non-hydrogen) atoms. The summed E-state index contributed by atoms with van der Waals surface area (Å²) in [5.41, 5.74) is 0.833. The number of hydrogen-bond acceptors (Lipinski definition) is 7. The zero-order valence-electron chi connectivity index (χ0n) is 11.8. The average Bonchev–Trinajstić information content (AvgIpc) is 2.88. The lowest BCUT2D eigenvalue weighted by Crippen LogP contribution is -2.05. The van der Waals surface area contributed by atoms with Gasteiger partial charge in [0.15, 0.2) is 5.65 Å². The Labute approximate surface area is 126 Å². The highest BCUT2D eigenvalue weighted by Gasteiger charge is 2.11. The molecular formula is C13H15N7S. The lowest BCUT2D eigenvalue weighted by Gasteiger charge is -2.07. The maximum Gasteiger partial charge on any atom is 0.163 e. The molecular weight excluding hydrogens is 286 g/mol. The molecule has 108 valence electrons. The standard InChI is InChI=1S/C13H15N7S/c1-3-15-12-9-6-17-20(2)13(9)19-10(18-12)7-21-11-4-5-14-8-16-11/h4-6,8H,3,7H2,1-2H3,(H,15,18,19). The van der Waals surface area contributed by atoms with Crippen LogP contribution in [0.5, 0.6) is 0 Å². The van der Waals surface area contributed by atoms with Crippen LogP contribution in [0.2, 0.25) is 0 Å². The van der Waals surface area contributed by atoms with Gasteiger partial charge in [-0.25, -0.2) is 19.9 Å². The molecule has 3 aromatic rings. The van der Waals surface area contributed by atoms with Crippen molar-refractivity contribution in [1.82, 2.24) is 29.7 Å². The fraction of sp³-hybridized carbons (Fsp3) is 0.308. The zero-order valence-corrected chi connectivity index (χ0v) is 12.6. The van der Waals surface area contributed by atoms with E-state index in [4.69, 9.17) is 0 Å². The molecule has 0 bridgehead atoms. The fourth-order valence-corrected chi connectivity index (χ4v) is 2.62. The first-order chi connectivity index (χ1) is 10.3. The van der Waals surface area contributed by atoms with Crippen molar-refractivity contribution in [1.29, 1.82) is 0 Å². The third-order valence-electron chi connectivity index (χ3n) is 2.89. The van der Waals surface area contributed by atoms with Gasteiger partial charge in [0.1, 0.15) is 18.0 Å². The monoisotopic (exact) mass is 301 g/mol. The quantitative estimate of drug-likeness (QED) is 0.569. The molecule has 0 spiro atoms. The maximum atomic E-state index is 4.58. The van der Waals surface area contributed by atoms with Crippen molar-refractivity contribution >= 4 is 28.6 Å². The van der Waals surface area contributed by atoms with Gasteiger partial charge in [0.05, 0.1) is 22.4 Å². The number of fused-ring (bicyclic) bond motifs is 1. The largest absolute Gasteiger partial charge is 0.370 e. The Bertz CT molecular complexity index is 741. The molecule has 0 aromatic carbocycles. The second-order valence-corrected chi connectivity index (χ2v) is 5.36. The maximum absolute atomic E-state index is 4.58. The van der Waals surface area contributed by atoms with E-state index in [1.807, 2.05) is 20.0 Å². The molecule has 3 rings (SSSR count). The van der Waals surface area contributed by atoms with Gasteiger partial charge in [-0.15, -0.1) is 0 Å². The summed E-state index contributed by atoms with van der Waals surface area (Å²) in [5, 5.41) is 9.35.